The van der Waals surface area contributed by atoms with E-state index in [2.05, 4.69) is 15.4 Å². The third-order valence-electron chi connectivity index (χ3n) is 2.62. The van der Waals surface area contributed by atoms with Crippen LogP contribution in [-0.4, -0.2) is 44.9 Å². The first-order valence-corrected chi connectivity index (χ1v) is 7.74. The molecule has 0 aromatic heterocycles. The van der Waals surface area contributed by atoms with Crippen molar-refractivity contribution in [1.82, 2.24) is 15.4 Å². The van der Waals surface area contributed by atoms with Crippen molar-refractivity contribution in [3.8, 4) is 0 Å². The van der Waals surface area contributed by atoms with Crippen LogP contribution in [0.25, 0.3) is 0 Å². The third kappa shape index (κ3) is 5.79. The molecule has 0 fully saturated rings. The highest BCUT2D eigenvalue weighted by atomic mass is 32.2. The summed E-state index contributed by atoms with van der Waals surface area (Å²) in [6.45, 7) is -0.129. The van der Waals surface area contributed by atoms with Crippen LogP contribution in [0, 0.1) is 0 Å². The van der Waals surface area contributed by atoms with Gasteiger partial charge in [0.25, 0.3) is 0 Å². The maximum Gasteiger partial charge on any atom is 0.330 e. The number of hydrogen-bond donors (Lipinski definition) is 4. The van der Waals surface area contributed by atoms with Crippen LogP contribution in [0.4, 0.5) is 4.79 Å². The van der Waals surface area contributed by atoms with E-state index in [1.165, 1.54) is 7.05 Å². The number of benzene rings is 1. The number of carboxylic acids is 1. The predicted molar refractivity (Wildman–Crippen MR) is 76.2 cm³/mol. The third-order valence-corrected chi connectivity index (χ3v) is 3.99. The number of carbonyl (C=O) groups is 2. The highest BCUT2D eigenvalue weighted by Gasteiger charge is 2.21. The van der Waals surface area contributed by atoms with E-state index < -0.39 is 28.1 Å². The number of carboxylic acid groups (broad SMARTS) is 1. The van der Waals surface area contributed by atoms with Gasteiger partial charge in [0, 0.05) is 6.54 Å². The molecule has 4 N–H and O–H groups in total. The molecule has 1 atom stereocenters. The Labute approximate surface area is 122 Å². The van der Waals surface area contributed by atoms with E-state index in [1.807, 2.05) is 0 Å². The van der Waals surface area contributed by atoms with Crippen LogP contribution in [0.15, 0.2) is 30.3 Å². The minimum absolute atomic E-state index is 0.129. The standard InChI is InChI=1S/C12H17N3O5S/c1-13-21(19,20)8-7-14-12(18)15-10(11(16)17)9-5-3-2-4-6-9/h2-6,10,13H,7-8H2,1H3,(H,16,17)(H2,14,15,18)/t10-/m1/s1. The Balaban J connectivity index is 2.57. The van der Waals surface area contributed by atoms with Crippen LogP contribution in [0.3, 0.4) is 0 Å². The van der Waals surface area contributed by atoms with Crippen molar-refractivity contribution in [1.29, 1.82) is 0 Å². The Morgan fingerprint density at radius 2 is 1.86 bits per heavy atom. The summed E-state index contributed by atoms with van der Waals surface area (Å²) >= 11 is 0. The molecule has 0 saturated heterocycles. The van der Waals surface area contributed by atoms with Crippen LogP contribution in [0.1, 0.15) is 11.6 Å². The van der Waals surface area contributed by atoms with E-state index >= 15 is 0 Å². The molecule has 0 unspecified atom stereocenters. The van der Waals surface area contributed by atoms with Gasteiger partial charge in [-0.25, -0.2) is 22.7 Å². The molecule has 9 heteroatoms. The summed E-state index contributed by atoms with van der Waals surface area (Å²) in [5.41, 5.74) is 0.419. The van der Waals surface area contributed by atoms with Crippen molar-refractivity contribution >= 4 is 22.0 Å². The lowest BCUT2D eigenvalue weighted by Gasteiger charge is -2.15. The maximum absolute atomic E-state index is 11.6. The fourth-order valence-electron chi connectivity index (χ4n) is 1.52. The summed E-state index contributed by atoms with van der Waals surface area (Å²) in [5.74, 6) is -1.50. The molecule has 1 aromatic carbocycles. The molecule has 8 nitrogen and oxygen atoms in total. The van der Waals surface area contributed by atoms with Crippen LogP contribution < -0.4 is 15.4 Å². The fourth-order valence-corrected chi connectivity index (χ4v) is 2.09. The van der Waals surface area contributed by atoms with Crippen molar-refractivity contribution in [3.63, 3.8) is 0 Å². The number of sulfonamides is 1. The maximum atomic E-state index is 11.6. The number of carbonyl (C=O) groups excluding carboxylic acids is 1. The average molecular weight is 315 g/mol. The summed E-state index contributed by atoms with van der Waals surface area (Å²) in [6, 6.07) is 6.24. The molecule has 2 amide bonds. The largest absolute Gasteiger partial charge is 0.479 e. The second kappa shape index (κ2) is 7.60. The predicted octanol–water partition coefficient (Wildman–Crippen LogP) is -0.339. The van der Waals surface area contributed by atoms with Crippen molar-refractivity contribution in [2.24, 2.45) is 0 Å². The van der Waals surface area contributed by atoms with E-state index in [9.17, 15) is 18.0 Å². The summed E-state index contributed by atoms with van der Waals surface area (Å²) in [5, 5.41) is 13.7. The zero-order chi connectivity index (χ0) is 15.9. The van der Waals surface area contributed by atoms with Crippen molar-refractivity contribution in [2.45, 2.75) is 6.04 Å². The van der Waals surface area contributed by atoms with Gasteiger partial charge >= 0.3 is 12.0 Å². The first-order valence-electron chi connectivity index (χ1n) is 6.09. The average Bonchev–Trinajstić information content (AvgIpc) is 2.45. The lowest BCUT2D eigenvalue weighted by atomic mass is 10.1. The van der Waals surface area contributed by atoms with E-state index in [0.717, 1.165) is 0 Å². The van der Waals surface area contributed by atoms with E-state index in [-0.39, 0.29) is 12.3 Å². The molecule has 21 heavy (non-hydrogen) atoms. The zero-order valence-electron chi connectivity index (χ0n) is 11.4. The van der Waals surface area contributed by atoms with Gasteiger partial charge in [0.2, 0.25) is 10.0 Å². The van der Waals surface area contributed by atoms with Gasteiger partial charge in [-0.2, -0.15) is 0 Å². The topological polar surface area (TPSA) is 125 Å². The summed E-state index contributed by atoms with van der Waals surface area (Å²) in [7, 11) is -2.15. The quantitative estimate of drug-likeness (QED) is 0.548. The molecule has 1 aromatic rings. The van der Waals surface area contributed by atoms with E-state index in [1.54, 1.807) is 30.3 Å². The SMILES string of the molecule is CNS(=O)(=O)CCNC(=O)N[C@@H](C(=O)O)c1ccccc1. The van der Waals surface area contributed by atoms with Gasteiger partial charge in [0.05, 0.1) is 5.75 Å². The summed E-state index contributed by atoms with van der Waals surface area (Å²) < 4.78 is 24.4. The molecule has 0 bridgehead atoms. The smallest absolute Gasteiger partial charge is 0.330 e. The molecule has 0 spiro atoms. The molecule has 116 valence electrons. The molecule has 0 heterocycles. The molecule has 0 saturated carbocycles. The first-order chi connectivity index (χ1) is 9.85. The van der Waals surface area contributed by atoms with Gasteiger partial charge in [0.15, 0.2) is 6.04 Å². The summed E-state index contributed by atoms with van der Waals surface area (Å²) in [6.07, 6.45) is 0. The zero-order valence-corrected chi connectivity index (χ0v) is 12.2. The number of rotatable bonds is 7. The molecular weight excluding hydrogens is 298 g/mol. The fraction of sp³-hybridized carbons (Fsp3) is 0.333. The molecular formula is C12H17N3O5S. The minimum atomic E-state index is -3.42. The van der Waals surface area contributed by atoms with Gasteiger partial charge < -0.3 is 15.7 Å². The van der Waals surface area contributed by atoms with E-state index in [0.29, 0.717) is 5.56 Å². The minimum Gasteiger partial charge on any atom is -0.479 e. The Bertz CT molecular complexity index is 588. The van der Waals surface area contributed by atoms with Crippen LogP contribution >= 0.6 is 0 Å². The first kappa shape index (κ1) is 16.9. The van der Waals surface area contributed by atoms with Gasteiger partial charge in [0.1, 0.15) is 0 Å². The molecule has 1 rings (SSSR count). The van der Waals surface area contributed by atoms with Crippen LogP contribution in [-0.2, 0) is 14.8 Å². The highest BCUT2D eigenvalue weighted by Crippen LogP contribution is 2.12. The van der Waals surface area contributed by atoms with Crippen LogP contribution in [0.5, 0.6) is 0 Å². The summed E-state index contributed by atoms with van der Waals surface area (Å²) in [4.78, 5) is 22.8. The monoisotopic (exact) mass is 315 g/mol. The Hall–Kier alpha value is -2.13. The van der Waals surface area contributed by atoms with Gasteiger partial charge in [-0.1, -0.05) is 30.3 Å². The van der Waals surface area contributed by atoms with Crippen LogP contribution in [0.2, 0.25) is 0 Å². The molecule has 0 radical (unpaired) electrons. The molecule has 0 aliphatic carbocycles. The second-order valence-electron chi connectivity index (χ2n) is 4.11. The number of hydrogen-bond acceptors (Lipinski definition) is 4. The number of urea groups is 1. The van der Waals surface area contributed by atoms with Crippen molar-refractivity contribution in [2.75, 3.05) is 19.3 Å². The normalized spacial score (nSPS) is 12.4. The van der Waals surface area contributed by atoms with E-state index in [4.69, 9.17) is 5.11 Å². The van der Waals surface area contributed by atoms with Crippen molar-refractivity contribution < 1.29 is 23.1 Å². The second-order valence-corrected chi connectivity index (χ2v) is 6.15. The highest BCUT2D eigenvalue weighted by molar-refractivity contribution is 7.89. The number of nitrogens with one attached hydrogen (secondary N) is 3. The Morgan fingerprint density at radius 3 is 2.38 bits per heavy atom. The Morgan fingerprint density at radius 1 is 1.24 bits per heavy atom. The molecule has 0 aliphatic rings. The lowest BCUT2D eigenvalue weighted by molar-refractivity contribution is -0.139. The van der Waals surface area contributed by atoms with Gasteiger partial charge in [-0.05, 0) is 12.6 Å². The molecule has 0 aliphatic heterocycles. The number of amides is 2. The number of aliphatic carboxylic acids is 1. The van der Waals surface area contributed by atoms with Gasteiger partial charge in [-0.3, -0.25) is 0 Å². The van der Waals surface area contributed by atoms with Crippen molar-refractivity contribution in [3.05, 3.63) is 35.9 Å². The van der Waals surface area contributed by atoms with Gasteiger partial charge in [-0.15, -0.1) is 0 Å². The Kier molecular flexibility index (Phi) is 6.12. The lowest BCUT2D eigenvalue weighted by Crippen LogP contribution is -2.43.